The summed E-state index contributed by atoms with van der Waals surface area (Å²) < 4.78 is 7.61. The Labute approximate surface area is 110 Å². The van der Waals surface area contributed by atoms with Gasteiger partial charge in [0.2, 0.25) is 5.95 Å². The molecule has 1 N–H and O–H groups in total. The molecule has 1 fully saturated rings. The maximum Gasteiger partial charge on any atom is 0.203 e. The second-order valence-corrected chi connectivity index (χ2v) is 5.07. The van der Waals surface area contributed by atoms with E-state index in [0.717, 1.165) is 38.0 Å². The summed E-state index contributed by atoms with van der Waals surface area (Å²) in [6.45, 7) is 6.88. The number of hydrogen-bond acceptors (Lipinski definition) is 3. The van der Waals surface area contributed by atoms with Crippen LogP contribution in [0.5, 0.6) is 0 Å². The SMILES string of the molecule is CCOCCCNc1nccn1C(C)C1CCC1. The van der Waals surface area contributed by atoms with Crippen LogP contribution in [0.4, 0.5) is 5.95 Å². The van der Waals surface area contributed by atoms with Crippen LogP contribution < -0.4 is 5.32 Å². The lowest BCUT2D eigenvalue weighted by molar-refractivity contribution is 0.147. The number of nitrogens with one attached hydrogen (secondary N) is 1. The van der Waals surface area contributed by atoms with Crippen molar-refractivity contribution in [2.45, 2.75) is 45.6 Å². The third-order valence-electron chi connectivity index (χ3n) is 3.89. The highest BCUT2D eigenvalue weighted by atomic mass is 16.5. The zero-order valence-electron chi connectivity index (χ0n) is 11.6. The molecule has 2 rings (SSSR count). The fraction of sp³-hybridized carbons (Fsp3) is 0.786. The Kier molecular flexibility index (Phi) is 5.05. The van der Waals surface area contributed by atoms with Gasteiger partial charge in [0, 0.05) is 38.2 Å². The van der Waals surface area contributed by atoms with E-state index >= 15 is 0 Å². The lowest BCUT2D eigenvalue weighted by Gasteiger charge is -2.33. The average molecular weight is 251 g/mol. The Balaban J connectivity index is 1.79. The minimum absolute atomic E-state index is 0.565. The molecule has 0 radical (unpaired) electrons. The second kappa shape index (κ2) is 6.78. The van der Waals surface area contributed by atoms with Gasteiger partial charge in [0.15, 0.2) is 0 Å². The molecule has 0 aliphatic heterocycles. The fourth-order valence-electron chi connectivity index (χ4n) is 2.45. The van der Waals surface area contributed by atoms with E-state index in [2.05, 4.69) is 28.0 Å². The van der Waals surface area contributed by atoms with Crippen LogP contribution in [0.15, 0.2) is 12.4 Å². The molecule has 0 spiro atoms. The summed E-state index contributed by atoms with van der Waals surface area (Å²) in [4.78, 5) is 4.41. The van der Waals surface area contributed by atoms with Crippen LogP contribution >= 0.6 is 0 Å². The van der Waals surface area contributed by atoms with E-state index in [4.69, 9.17) is 4.74 Å². The maximum absolute atomic E-state index is 5.33. The third-order valence-corrected chi connectivity index (χ3v) is 3.89. The highest BCUT2D eigenvalue weighted by Crippen LogP contribution is 2.36. The van der Waals surface area contributed by atoms with E-state index in [1.165, 1.54) is 19.3 Å². The average Bonchev–Trinajstić information content (AvgIpc) is 2.74. The fourth-order valence-corrected chi connectivity index (χ4v) is 2.45. The molecule has 4 heteroatoms. The molecule has 1 aromatic rings. The van der Waals surface area contributed by atoms with Crippen molar-refractivity contribution >= 4 is 5.95 Å². The van der Waals surface area contributed by atoms with Crippen LogP contribution in [0.25, 0.3) is 0 Å². The van der Waals surface area contributed by atoms with Gasteiger partial charge in [-0.05, 0) is 39.0 Å². The molecule has 0 amide bonds. The van der Waals surface area contributed by atoms with Crippen molar-refractivity contribution in [2.24, 2.45) is 5.92 Å². The summed E-state index contributed by atoms with van der Waals surface area (Å²) in [5.41, 5.74) is 0. The van der Waals surface area contributed by atoms with Gasteiger partial charge in [-0.15, -0.1) is 0 Å². The molecule has 1 heterocycles. The number of rotatable bonds is 8. The van der Waals surface area contributed by atoms with E-state index in [1.54, 1.807) is 0 Å². The van der Waals surface area contributed by atoms with Crippen molar-refractivity contribution in [3.8, 4) is 0 Å². The van der Waals surface area contributed by atoms with E-state index in [9.17, 15) is 0 Å². The molecule has 0 aromatic carbocycles. The standard InChI is InChI=1S/C14H25N3O/c1-3-18-11-5-8-15-14-16-9-10-17(14)12(2)13-6-4-7-13/h9-10,12-13H,3-8,11H2,1-2H3,(H,15,16). The van der Waals surface area contributed by atoms with E-state index in [1.807, 2.05) is 13.1 Å². The first-order valence-corrected chi connectivity index (χ1v) is 7.17. The molecule has 4 nitrogen and oxygen atoms in total. The largest absolute Gasteiger partial charge is 0.382 e. The molecule has 1 saturated carbocycles. The molecular formula is C14H25N3O. The molecule has 1 atom stereocenters. The summed E-state index contributed by atoms with van der Waals surface area (Å²) in [5.74, 6) is 1.84. The number of anilines is 1. The van der Waals surface area contributed by atoms with Gasteiger partial charge in [0.1, 0.15) is 0 Å². The van der Waals surface area contributed by atoms with Crippen molar-refractivity contribution in [3.05, 3.63) is 12.4 Å². The molecule has 18 heavy (non-hydrogen) atoms. The predicted octanol–water partition coefficient (Wildman–Crippen LogP) is 3.08. The van der Waals surface area contributed by atoms with Crippen molar-refractivity contribution < 1.29 is 4.74 Å². The number of aromatic nitrogens is 2. The molecular weight excluding hydrogens is 226 g/mol. The van der Waals surface area contributed by atoms with Gasteiger partial charge in [0.25, 0.3) is 0 Å². The van der Waals surface area contributed by atoms with Crippen LogP contribution in [0.1, 0.15) is 45.6 Å². The topological polar surface area (TPSA) is 39.1 Å². The van der Waals surface area contributed by atoms with Crippen LogP contribution in [-0.4, -0.2) is 29.3 Å². The summed E-state index contributed by atoms with van der Waals surface area (Å²) in [6, 6.07) is 0.565. The smallest absolute Gasteiger partial charge is 0.203 e. The van der Waals surface area contributed by atoms with E-state index in [-0.39, 0.29) is 0 Å². The Morgan fingerprint density at radius 2 is 2.39 bits per heavy atom. The van der Waals surface area contributed by atoms with Crippen molar-refractivity contribution in [1.82, 2.24) is 9.55 Å². The summed E-state index contributed by atoms with van der Waals surface area (Å²) >= 11 is 0. The van der Waals surface area contributed by atoms with E-state index < -0.39 is 0 Å². The normalized spacial score (nSPS) is 17.4. The summed E-state index contributed by atoms with van der Waals surface area (Å²) in [7, 11) is 0. The highest BCUT2D eigenvalue weighted by molar-refractivity contribution is 5.26. The molecule has 1 unspecified atom stereocenters. The molecule has 1 aliphatic carbocycles. The Hall–Kier alpha value is -1.03. The van der Waals surface area contributed by atoms with Gasteiger partial charge in [0.05, 0.1) is 0 Å². The molecule has 0 saturated heterocycles. The van der Waals surface area contributed by atoms with Gasteiger partial charge in [-0.2, -0.15) is 0 Å². The van der Waals surface area contributed by atoms with Crippen molar-refractivity contribution in [3.63, 3.8) is 0 Å². The number of imidazole rings is 1. The molecule has 1 aliphatic rings. The Morgan fingerprint density at radius 3 is 3.06 bits per heavy atom. The van der Waals surface area contributed by atoms with Gasteiger partial charge in [-0.1, -0.05) is 6.42 Å². The zero-order chi connectivity index (χ0) is 12.8. The number of ether oxygens (including phenoxy) is 1. The quantitative estimate of drug-likeness (QED) is 0.722. The Morgan fingerprint density at radius 1 is 1.56 bits per heavy atom. The van der Waals surface area contributed by atoms with Crippen LogP contribution in [0.2, 0.25) is 0 Å². The number of nitrogens with zero attached hydrogens (tertiary/aromatic N) is 2. The Bertz CT molecular complexity index is 347. The van der Waals surface area contributed by atoms with Gasteiger partial charge in [-0.3, -0.25) is 0 Å². The lowest BCUT2D eigenvalue weighted by atomic mass is 9.80. The molecule has 1 aromatic heterocycles. The van der Waals surface area contributed by atoms with Gasteiger partial charge in [-0.25, -0.2) is 4.98 Å². The molecule has 102 valence electrons. The van der Waals surface area contributed by atoms with E-state index in [0.29, 0.717) is 6.04 Å². The third kappa shape index (κ3) is 3.25. The van der Waals surface area contributed by atoms with Gasteiger partial charge >= 0.3 is 0 Å². The lowest BCUT2D eigenvalue weighted by Crippen LogP contribution is -2.24. The van der Waals surface area contributed by atoms with Crippen molar-refractivity contribution in [2.75, 3.05) is 25.1 Å². The minimum atomic E-state index is 0.565. The monoisotopic (exact) mass is 251 g/mol. The predicted molar refractivity (Wildman–Crippen MR) is 73.9 cm³/mol. The highest BCUT2D eigenvalue weighted by Gasteiger charge is 2.26. The molecule has 0 bridgehead atoms. The van der Waals surface area contributed by atoms with Gasteiger partial charge < -0.3 is 14.6 Å². The zero-order valence-corrected chi connectivity index (χ0v) is 11.6. The summed E-state index contributed by atoms with van der Waals surface area (Å²) in [6.07, 6.45) is 9.12. The van der Waals surface area contributed by atoms with Crippen LogP contribution in [0.3, 0.4) is 0 Å². The van der Waals surface area contributed by atoms with Crippen molar-refractivity contribution in [1.29, 1.82) is 0 Å². The van der Waals surface area contributed by atoms with Crippen LogP contribution in [0, 0.1) is 5.92 Å². The number of hydrogen-bond donors (Lipinski definition) is 1. The first kappa shape index (κ1) is 13.4. The minimum Gasteiger partial charge on any atom is -0.382 e. The first-order chi connectivity index (χ1) is 8.83. The first-order valence-electron chi connectivity index (χ1n) is 7.17. The maximum atomic E-state index is 5.33. The second-order valence-electron chi connectivity index (χ2n) is 5.07. The van der Waals surface area contributed by atoms with Crippen LogP contribution in [-0.2, 0) is 4.74 Å². The summed E-state index contributed by atoms with van der Waals surface area (Å²) in [5, 5.41) is 3.41.